The number of piperidine rings is 1. The molecular weight excluding hydrogens is 444 g/mol. The fraction of sp³-hybridized carbons (Fsp3) is 0.500. The molecule has 1 fully saturated rings. The minimum absolute atomic E-state index is 0. The Bertz CT molecular complexity index is 708. The van der Waals surface area contributed by atoms with Crippen LogP contribution >= 0.6 is 31.9 Å². The van der Waals surface area contributed by atoms with Crippen molar-refractivity contribution in [2.75, 3.05) is 13.1 Å². The average molecular weight is 470 g/mol. The van der Waals surface area contributed by atoms with E-state index < -0.39 is 0 Å². The number of hydrogen-bond acceptors (Lipinski definition) is 3. The molecular formula is C20H26Br2N2O. The largest absolute Gasteiger partial charge is 0.508 e. The monoisotopic (exact) mass is 468 g/mol. The van der Waals surface area contributed by atoms with Crippen LogP contribution in [0.2, 0.25) is 0 Å². The molecule has 1 aliphatic carbocycles. The highest BCUT2D eigenvalue weighted by Crippen LogP contribution is 2.46. The van der Waals surface area contributed by atoms with Crippen LogP contribution in [0.4, 0.5) is 0 Å². The molecule has 0 saturated carbocycles. The summed E-state index contributed by atoms with van der Waals surface area (Å²) in [6.45, 7) is 2.19. The van der Waals surface area contributed by atoms with E-state index in [2.05, 4.69) is 54.8 Å². The number of hydrogen-bond donors (Lipinski definition) is 3. The van der Waals surface area contributed by atoms with Gasteiger partial charge in [0.1, 0.15) is 5.75 Å². The Labute approximate surface area is 167 Å². The molecule has 0 radical (unpaired) electrons. The van der Waals surface area contributed by atoms with Crippen LogP contribution in [0.25, 0.3) is 0 Å². The molecule has 0 aromatic heterocycles. The quantitative estimate of drug-likeness (QED) is 0.544. The van der Waals surface area contributed by atoms with Gasteiger partial charge in [-0.15, -0.1) is 0 Å². The van der Waals surface area contributed by atoms with Gasteiger partial charge in [0.2, 0.25) is 0 Å². The van der Waals surface area contributed by atoms with E-state index in [-0.39, 0.29) is 7.43 Å². The van der Waals surface area contributed by atoms with Crippen molar-refractivity contribution in [2.24, 2.45) is 5.92 Å². The summed E-state index contributed by atoms with van der Waals surface area (Å²) in [4.78, 5) is 0. The molecule has 3 aliphatic rings. The topological polar surface area (TPSA) is 44.3 Å². The normalized spacial score (nSPS) is 26.2. The van der Waals surface area contributed by atoms with E-state index >= 15 is 0 Å². The smallest absolute Gasteiger partial charge is 0.116 e. The lowest BCUT2D eigenvalue weighted by molar-refractivity contribution is 0.287. The Hall–Kier alpha value is -0.780. The summed E-state index contributed by atoms with van der Waals surface area (Å²) in [5.41, 5.74) is 4.15. The molecule has 2 unspecified atom stereocenters. The van der Waals surface area contributed by atoms with Crippen molar-refractivity contribution in [1.29, 1.82) is 0 Å². The molecule has 1 aromatic carbocycles. The van der Waals surface area contributed by atoms with Crippen LogP contribution in [0.15, 0.2) is 38.9 Å². The van der Waals surface area contributed by atoms with Gasteiger partial charge in [0, 0.05) is 21.1 Å². The third-order valence-electron chi connectivity index (χ3n) is 5.59. The highest BCUT2D eigenvalue weighted by Gasteiger charge is 2.38. The van der Waals surface area contributed by atoms with Gasteiger partial charge in [-0.1, -0.05) is 23.4 Å². The highest BCUT2D eigenvalue weighted by atomic mass is 79.9. The van der Waals surface area contributed by atoms with Crippen molar-refractivity contribution in [2.45, 2.75) is 45.1 Å². The number of benzene rings is 1. The summed E-state index contributed by atoms with van der Waals surface area (Å²) in [6.07, 6.45) is 8.79. The van der Waals surface area contributed by atoms with Gasteiger partial charge in [-0.3, -0.25) is 0 Å². The number of dihydropyridines is 1. The fourth-order valence-electron chi connectivity index (χ4n) is 4.54. The Morgan fingerprint density at radius 2 is 1.84 bits per heavy atom. The second kappa shape index (κ2) is 7.85. The van der Waals surface area contributed by atoms with E-state index in [4.69, 9.17) is 0 Å². The maximum atomic E-state index is 10.1. The summed E-state index contributed by atoms with van der Waals surface area (Å²) < 4.78 is 2.17. The molecule has 3 N–H and O–H groups in total. The van der Waals surface area contributed by atoms with Crippen LogP contribution in [0.1, 0.15) is 43.7 Å². The van der Waals surface area contributed by atoms with Crippen molar-refractivity contribution in [3.05, 3.63) is 50.1 Å². The van der Waals surface area contributed by atoms with Crippen LogP contribution in [0, 0.1) is 5.92 Å². The van der Waals surface area contributed by atoms with Gasteiger partial charge in [0.15, 0.2) is 0 Å². The van der Waals surface area contributed by atoms with Crippen LogP contribution in [0.3, 0.4) is 0 Å². The van der Waals surface area contributed by atoms with Crippen molar-refractivity contribution < 1.29 is 5.11 Å². The number of fused-ring (bicyclic) bond motifs is 2. The Morgan fingerprint density at radius 3 is 2.60 bits per heavy atom. The SMILES string of the molecule is C.Oc1cc(Br)c2c(c1)CCC1=CC(Br)=CNC1C2C1CCNCC1. The number of phenols is 1. The molecule has 1 saturated heterocycles. The van der Waals surface area contributed by atoms with Crippen molar-refractivity contribution in [3.8, 4) is 5.75 Å². The van der Waals surface area contributed by atoms with Gasteiger partial charge in [-0.2, -0.15) is 0 Å². The number of halogens is 2. The summed E-state index contributed by atoms with van der Waals surface area (Å²) >= 11 is 7.37. The lowest BCUT2D eigenvalue weighted by atomic mass is 9.73. The number of nitrogens with one attached hydrogen (secondary N) is 2. The molecule has 0 spiro atoms. The fourth-order valence-corrected chi connectivity index (χ4v) is 5.72. The number of aryl methyl sites for hydroxylation is 1. The van der Waals surface area contributed by atoms with Crippen LogP contribution in [-0.2, 0) is 6.42 Å². The standard InChI is InChI=1S/C19H22Br2N2O.CH4/c20-14-7-13-2-1-12-8-15(24)9-16(21)17(12)18(19(13)23-10-14)11-3-5-22-6-4-11;/h7-11,18-19,22-24H,1-6H2;1H4. The molecule has 4 rings (SSSR count). The molecule has 0 bridgehead atoms. The maximum absolute atomic E-state index is 10.1. The third kappa shape index (κ3) is 3.69. The molecule has 25 heavy (non-hydrogen) atoms. The minimum Gasteiger partial charge on any atom is -0.508 e. The van der Waals surface area contributed by atoms with Gasteiger partial charge < -0.3 is 15.7 Å². The van der Waals surface area contributed by atoms with Crippen molar-refractivity contribution in [1.82, 2.24) is 10.6 Å². The zero-order valence-electron chi connectivity index (χ0n) is 13.5. The van der Waals surface area contributed by atoms with Crippen molar-refractivity contribution in [3.63, 3.8) is 0 Å². The molecule has 136 valence electrons. The molecule has 3 nitrogen and oxygen atoms in total. The Morgan fingerprint density at radius 1 is 1.08 bits per heavy atom. The number of allylic oxidation sites excluding steroid dienone is 2. The van der Waals surface area contributed by atoms with Gasteiger partial charge >= 0.3 is 0 Å². The van der Waals surface area contributed by atoms with E-state index in [0.717, 1.165) is 34.9 Å². The predicted octanol–water partition coefficient (Wildman–Crippen LogP) is 4.95. The molecule has 0 amide bonds. The number of aromatic hydroxyl groups is 1. The first-order valence-corrected chi connectivity index (χ1v) is 10.3. The van der Waals surface area contributed by atoms with E-state index in [1.54, 1.807) is 0 Å². The molecule has 2 atom stereocenters. The Kier molecular flexibility index (Phi) is 5.96. The van der Waals surface area contributed by atoms with Crippen molar-refractivity contribution >= 4 is 31.9 Å². The lowest BCUT2D eigenvalue weighted by Crippen LogP contribution is -2.41. The van der Waals surface area contributed by atoms with E-state index in [9.17, 15) is 5.11 Å². The maximum Gasteiger partial charge on any atom is 0.116 e. The minimum atomic E-state index is 0. The number of phenolic OH excluding ortho intramolecular Hbond substituents is 1. The average Bonchev–Trinajstić information content (AvgIpc) is 2.72. The Balaban J connectivity index is 0.00000182. The summed E-state index contributed by atoms with van der Waals surface area (Å²) in [5.74, 6) is 1.44. The lowest BCUT2D eigenvalue weighted by Gasteiger charge is -2.38. The second-order valence-electron chi connectivity index (χ2n) is 7.01. The first kappa shape index (κ1) is 19.0. The van der Waals surface area contributed by atoms with Gasteiger partial charge in [0.25, 0.3) is 0 Å². The highest BCUT2D eigenvalue weighted by molar-refractivity contribution is 9.12. The zero-order valence-corrected chi connectivity index (χ0v) is 16.7. The van der Waals surface area contributed by atoms with Gasteiger partial charge in [-0.25, -0.2) is 0 Å². The second-order valence-corrected chi connectivity index (χ2v) is 8.78. The molecule has 5 heteroatoms. The van der Waals surface area contributed by atoms with Crippen LogP contribution in [0.5, 0.6) is 5.75 Å². The molecule has 1 aromatic rings. The zero-order chi connectivity index (χ0) is 16.7. The number of rotatable bonds is 1. The van der Waals surface area contributed by atoms with Crippen LogP contribution in [-0.4, -0.2) is 24.2 Å². The third-order valence-corrected chi connectivity index (χ3v) is 6.70. The molecule has 2 aliphatic heterocycles. The van der Waals surface area contributed by atoms with E-state index in [1.807, 2.05) is 12.1 Å². The van der Waals surface area contributed by atoms with E-state index in [1.165, 1.54) is 29.5 Å². The van der Waals surface area contributed by atoms with Crippen LogP contribution < -0.4 is 10.6 Å². The first-order chi connectivity index (χ1) is 11.6. The summed E-state index contributed by atoms with van der Waals surface area (Å²) in [7, 11) is 0. The van der Waals surface area contributed by atoms with E-state index in [0.29, 0.717) is 23.6 Å². The van der Waals surface area contributed by atoms with Gasteiger partial charge in [-0.05, 0) is 95.5 Å². The summed E-state index contributed by atoms with van der Waals surface area (Å²) in [5, 5.41) is 17.2. The molecule has 2 heterocycles. The summed E-state index contributed by atoms with van der Waals surface area (Å²) in [6, 6.07) is 4.17. The predicted molar refractivity (Wildman–Crippen MR) is 111 cm³/mol. The van der Waals surface area contributed by atoms with Gasteiger partial charge in [0.05, 0.1) is 6.04 Å². The first-order valence-electron chi connectivity index (χ1n) is 8.67.